The van der Waals surface area contributed by atoms with Gasteiger partial charge in [-0.1, -0.05) is 0 Å². The fourth-order valence-corrected chi connectivity index (χ4v) is 2.31. The van der Waals surface area contributed by atoms with Gasteiger partial charge in [-0.15, -0.1) is 0 Å². The van der Waals surface area contributed by atoms with E-state index in [-0.39, 0.29) is 42.9 Å². The molecular formula is C13H15F3N2O2. The number of hydrogen-bond acceptors (Lipinski definition) is 3. The van der Waals surface area contributed by atoms with Crippen molar-refractivity contribution in [1.29, 1.82) is 0 Å². The molecule has 1 heterocycles. The number of nitrogens with two attached hydrogens (primary N) is 1. The van der Waals surface area contributed by atoms with Gasteiger partial charge >= 0.3 is 6.18 Å². The molecule has 20 heavy (non-hydrogen) atoms. The predicted molar refractivity (Wildman–Crippen MR) is 67.2 cm³/mol. The topological polar surface area (TPSA) is 66.6 Å². The highest BCUT2D eigenvalue weighted by Gasteiger charge is 2.41. The summed E-state index contributed by atoms with van der Waals surface area (Å²) in [6, 6.07) is 3.97. The van der Waals surface area contributed by atoms with Crippen LogP contribution in [0, 0.1) is 5.92 Å². The summed E-state index contributed by atoms with van der Waals surface area (Å²) in [5.74, 6) is -1.90. The van der Waals surface area contributed by atoms with Crippen LogP contribution in [0.15, 0.2) is 18.2 Å². The van der Waals surface area contributed by atoms with Crippen molar-refractivity contribution in [3.05, 3.63) is 23.8 Å². The van der Waals surface area contributed by atoms with Gasteiger partial charge < -0.3 is 15.7 Å². The van der Waals surface area contributed by atoms with E-state index in [1.54, 1.807) is 0 Å². The minimum Gasteiger partial charge on any atom is -0.508 e. The molecular weight excluding hydrogens is 273 g/mol. The summed E-state index contributed by atoms with van der Waals surface area (Å²) in [4.78, 5) is 13.5. The van der Waals surface area contributed by atoms with Gasteiger partial charge in [0.05, 0.1) is 11.5 Å². The molecule has 1 fully saturated rings. The number of phenols is 1. The molecule has 0 atom stereocenters. The fraction of sp³-hybridized carbons (Fsp3) is 0.462. The molecule has 0 saturated carbocycles. The minimum atomic E-state index is -4.21. The molecule has 4 nitrogen and oxygen atoms in total. The van der Waals surface area contributed by atoms with E-state index in [9.17, 15) is 23.1 Å². The van der Waals surface area contributed by atoms with Crippen molar-refractivity contribution < 1.29 is 23.1 Å². The first kappa shape index (κ1) is 14.5. The average Bonchev–Trinajstić information content (AvgIpc) is 2.40. The monoisotopic (exact) mass is 288 g/mol. The zero-order chi connectivity index (χ0) is 14.9. The summed E-state index contributed by atoms with van der Waals surface area (Å²) in [6.45, 7) is 0.0796. The minimum absolute atomic E-state index is 0.0398. The largest absolute Gasteiger partial charge is 0.508 e. The van der Waals surface area contributed by atoms with Crippen LogP contribution < -0.4 is 5.73 Å². The van der Waals surface area contributed by atoms with Crippen molar-refractivity contribution in [1.82, 2.24) is 4.90 Å². The molecule has 0 radical (unpaired) electrons. The van der Waals surface area contributed by atoms with Gasteiger partial charge in [-0.25, -0.2) is 0 Å². The van der Waals surface area contributed by atoms with Gasteiger partial charge in [-0.3, -0.25) is 4.79 Å². The van der Waals surface area contributed by atoms with Crippen molar-refractivity contribution in [2.75, 3.05) is 18.8 Å². The number of rotatable bonds is 1. The van der Waals surface area contributed by atoms with Crippen LogP contribution >= 0.6 is 0 Å². The third-order valence-corrected chi connectivity index (χ3v) is 3.51. The van der Waals surface area contributed by atoms with Crippen LogP contribution in [-0.4, -0.2) is 35.2 Å². The smallest absolute Gasteiger partial charge is 0.391 e. The molecule has 2 rings (SSSR count). The molecule has 1 aliphatic rings. The van der Waals surface area contributed by atoms with Crippen molar-refractivity contribution in [2.24, 2.45) is 5.92 Å². The normalized spacial score (nSPS) is 17.2. The Morgan fingerprint density at radius 1 is 1.30 bits per heavy atom. The highest BCUT2D eigenvalue weighted by atomic mass is 19.4. The molecule has 0 bridgehead atoms. The lowest BCUT2D eigenvalue weighted by molar-refractivity contribution is -0.183. The quantitative estimate of drug-likeness (QED) is 0.616. The van der Waals surface area contributed by atoms with Gasteiger partial charge in [0.2, 0.25) is 0 Å². The number of hydrogen-bond donors (Lipinski definition) is 2. The number of likely N-dealkylation sites (tertiary alicyclic amines) is 1. The molecule has 0 unspecified atom stereocenters. The first-order valence-electron chi connectivity index (χ1n) is 6.23. The fourth-order valence-electron chi connectivity index (χ4n) is 2.31. The van der Waals surface area contributed by atoms with Crippen molar-refractivity contribution >= 4 is 11.6 Å². The number of benzene rings is 1. The molecule has 1 aliphatic heterocycles. The van der Waals surface area contributed by atoms with Crippen LogP contribution in [0.5, 0.6) is 5.75 Å². The second-order valence-corrected chi connectivity index (χ2v) is 4.88. The van der Waals surface area contributed by atoms with Crippen LogP contribution in [0.2, 0.25) is 0 Å². The number of nitrogen functional groups attached to an aromatic ring is 1. The molecule has 0 spiro atoms. The Kier molecular flexibility index (Phi) is 3.78. The Labute approximate surface area is 114 Å². The molecule has 0 aromatic heterocycles. The average molecular weight is 288 g/mol. The summed E-state index contributed by atoms with van der Waals surface area (Å²) in [5.41, 5.74) is 5.98. The lowest BCUT2D eigenvalue weighted by atomic mass is 9.95. The van der Waals surface area contributed by atoms with E-state index in [1.807, 2.05) is 0 Å². The predicted octanol–water partition coefficient (Wildman–Crippen LogP) is 2.39. The van der Waals surface area contributed by atoms with Gasteiger partial charge in [-0.05, 0) is 31.0 Å². The van der Waals surface area contributed by atoms with E-state index in [0.717, 1.165) is 0 Å². The van der Waals surface area contributed by atoms with Crippen LogP contribution in [0.4, 0.5) is 18.9 Å². The van der Waals surface area contributed by atoms with Crippen LogP contribution in [-0.2, 0) is 0 Å². The summed E-state index contributed by atoms with van der Waals surface area (Å²) in [5, 5.41) is 9.36. The molecule has 7 heteroatoms. The number of nitrogens with zero attached hydrogens (tertiary/aromatic N) is 1. The van der Waals surface area contributed by atoms with E-state index < -0.39 is 18.0 Å². The Bertz CT molecular complexity index is 509. The number of carbonyl (C=O) groups is 1. The molecule has 1 amide bonds. The Morgan fingerprint density at radius 3 is 2.45 bits per heavy atom. The van der Waals surface area contributed by atoms with Crippen LogP contribution in [0.25, 0.3) is 0 Å². The summed E-state index contributed by atoms with van der Waals surface area (Å²) in [7, 11) is 0. The van der Waals surface area contributed by atoms with Crippen molar-refractivity contribution in [3.63, 3.8) is 0 Å². The van der Waals surface area contributed by atoms with Crippen molar-refractivity contribution in [2.45, 2.75) is 19.0 Å². The number of alkyl halides is 3. The maximum atomic E-state index is 12.6. The van der Waals surface area contributed by atoms with E-state index in [0.29, 0.717) is 0 Å². The number of halogens is 3. The molecule has 110 valence electrons. The van der Waals surface area contributed by atoms with Gasteiger partial charge in [0.1, 0.15) is 5.75 Å². The molecule has 1 aromatic carbocycles. The van der Waals surface area contributed by atoms with Crippen molar-refractivity contribution in [3.8, 4) is 5.75 Å². The Hall–Kier alpha value is -1.92. The highest BCUT2D eigenvalue weighted by Crippen LogP contribution is 2.34. The van der Waals surface area contributed by atoms with Gasteiger partial charge in [0.15, 0.2) is 0 Å². The number of carbonyl (C=O) groups excluding carboxylic acids is 1. The summed E-state index contributed by atoms with van der Waals surface area (Å²) in [6.07, 6.45) is -4.42. The van der Waals surface area contributed by atoms with Gasteiger partial charge in [-0.2, -0.15) is 13.2 Å². The molecule has 3 N–H and O–H groups in total. The number of anilines is 1. The zero-order valence-electron chi connectivity index (χ0n) is 10.7. The van der Waals surface area contributed by atoms with Gasteiger partial charge in [0.25, 0.3) is 5.91 Å². The number of phenolic OH excluding ortho intramolecular Hbond substituents is 1. The summed E-state index contributed by atoms with van der Waals surface area (Å²) >= 11 is 0. The number of piperidine rings is 1. The van der Waals surface area contributed by atoms with Crippen LogP contribution in [0.3, 0.4) is 0 Å². The molecule has 1 aromatic rings. The Morgan fingerprint density at radius 2 is 1.90 bits per heavy atom. The zero-order valence-corrected chi connectivity index (χ0v) is 10.7. The van der Waals surface area contributed by atoms with E-state index in [2.05, 4.69) is 0 Å². The van der Waals surface area contributed by atoms with E-state index >= 15 is 0 Å². The molecule has 0 aliphatic carbocycles. The van der Waals surface area contributed by atoms with E-state index in [1.165, 1.54) is 23.1 Å². The lowest BCUT2D eigenvalue weighted by Gasteiger charge is -2.33. The third-order valence-electron chi connectivity index (χ3n) is 3.51. The van der Waals surface area contributed by atoms with Gasteiger partial charge in [0, 0.05) is 18.8 Å². The maximum Gasteiger partial charge on any atom is 0.391 e. The first-order valence-corrected chi connectivity index (χ1v) is 6.23. The number of amides is 1. The number of aromatic hydroxyl groups is 1. The molecule has 1 saturated heterocycles. The maximum absolute atomic E-state index is 12.6. The Balaban J connectivity index is 2.07. The SMILES string of the molecule is Nc1ccc(O)cc1C(=O)N1CCC(C(F)(F)F)CC1. The second kappa shape index (κ2) is 5.22. The summed E-state index contributed by atoms with van der Waals surface area (Å²) < 4.78 is 37.7. The first-order chi connectivity index (χ1) is 9.29. The standard InChI is InChI=1S/C13H15F3N2O2/c14-13(15,16)8-3-5-18(6-4-8)12(20)10-7-9(19)1-2-11(10)17/h1-2,7-8,19H,3-6,17H2. The van der Waals surface area contributed by atoms with Crippen LogP contribution in [0.1, 0.15) is 23.2 Å². The highest BCUT2D eigenvalue weighted by molar-refractivity contribution is 5.99. The lowest BCUT2D eigenvalue weighted by Crippen LogP contribution is -2.42. The van der Waals surface area contributed by atoms with E-state index in [4.69, 9.17) is 5.73 Å². The third kappa shape index (κ3) is 2.97. The second-order valence-electron chi connectivity index (χ2n) is 4.88.